The maximum Gasteiger partial charge on any atom is 0.329 e. The molecule has 0 bridgehead atoms. The summed E-state index contributed by atoms with van der Waals surface area (Å²) in [6.07, 6.45) is 0. The molecule has 0 saturated heterocycles. The first-order valence-electron chi connectivity index (χ1n) is 7.27. The van der Waals surface area contributed by atoms with Gasteiger partial charge in [0.1, 0.15) is 6.61 Å². The molecule has 1 heterocycles. The molecule has 0 aliphatic rings. The summed E-state index contributed by atoms with van der Waals surface area (Å²) in [5, 5.41) is 14.2. The van der Waals surface area contributed by atoms with Crippen LogP contribution in [0.5, 0.6) is 0 Å². The fraction of sp³-hybridized carbons (Fsp3) is 0.312. The van der Waals surface area contributed by atoms with E-state index in [-0.39, 0.29) is 25.7 Å². The number of benzene rings is 1. The van der Waals surface area contributed by atoms with Crippen molar-refractivity contribution >= 4 is 35.0 Å². The molecule has 1 aromatic heterocycles. The Labute approximate surface area is 148 Å². The topological polar surface area (TPSA) is 88.5 Å². The molecule has 2 N–H and O–H groups in total. The Balaban J connectivity index is 1.87. The van der Waals surface area contributed by atoms with Crippen molar-refractivity contribution < 1.29 is 19.4 Å². The molecule has 0 saturated carbocycles. The zero-order chi connectivity index (χ0) is 17.4. The monoisotopic (exact) mass is 366 g/mol. The second-order valence-corrected chi connectivity index (χ2v) is 6.92. The van der Waals surface area contributed by atoms with Gasteiger partial charge in [-0.2, -0.15) is 0 Å². The Morgan fingerprint density at radius 3 is 2.88 bits per heavy atom. The lowest BCUT2D eigenvalue weighted by atomic mass is 10.2. The van der Waals surface area contributed by atoms with Crippen LogP contribution < -0.4 is 5.32 Å². The Morgan fingerprint density at radius 1 is 1.38 bits per heavy atom. The molecular formula is C16H18N2O4S2. The molecule has 1 aromatic carbocycles. The van der Waals surface area contributed by atoms with Crippen LogP contribution in [-0.4, -0.2) is 41.7 Å². The van der Waals surface area contributed by atoms with Crippen LogP contribution in [0.4, 0.5) is 0 Å². The minimum atomic E-state index is -1.03. The number of aryl methyl sites for hydroxylation is 1. The van der Waals surface area contributed by atoms with Gasteiger partial charge in [-0.05, 0) is 19.1 Å². The Hall–Kier alpha value is -1.90. The van der Waals surface area contributed by atoms with Gasteiger partial charge in [0.25, 0.3) is 5.91 Å². The second-order valence-electron chi connectivity index (χ2n) is 4.84. The number of hydrogen-bond donors (Lipinski definition) is 2. The van der Waals surface area contributed by atoms with Gasteiger partial charge in [0, 0.05) is 22.6 Å². The molecule has 6 nitrogen and oxygen atoms in total. The third-order valence-electron chi connectivity index (χ3n) is 2.93. The Bertz CT molecular complexity index is 703. The van der Waals surface area contributed by atoms with E-state index in [1.54, 1.807) is 29.2 Å². The summed E-state index contributed by atoms with van der Waals surface area (Å²) in [5.41, 5.74) is 1.59. The molecule has 0 radical (unpaired) electrons. The minimum absolute atomic E-state index is 0.158. The number of aliphatic carboxylic acids is 1. The highest BCUT2D eigenvalue weighted by atomic mass is 32.2. The number of nitrogens with one attached hydrogen (secondary N) is 1. The molecule has 2 rings (SSSR count). The van der Waals surface area contributed by atoms with Gasteiger partial charge >= 0.3 is 5.97 Å². The maximum absolute atomic E-state index is 12.3. The lowest BCUT2D eigenvalue weighted by molar-refractivity contribution is -0.142. The van der Waals surface area contributed by atoms with Crippen molar-refractivity contribution in [3.63, 3.8) is 0 Å². The van der Waals surface area contributed by atoms with E-state index in [0.717, 1.165) is 15.6 Å². The first-order valence-corrected chi connectivity index (χ1v) is 9.13. The van der Waals surface area contributed by atoms with Gasteiger partial charge in [0.05, 0.1) is 22.9 Å². The third-order valence-corrected chi connectivity index (χ3v) is 4.86. The van der Waals surface area contributed by atoms with Crippen molar-refractivity contribution in [1.82, 2.24) is 10.3 Å². The highest BCUT2D eigenvalue weighted by Crippen LogP contribution is 2.26. The van der Waals surface area contributed by atoms with Crippen LogP contribution >= 0.6 is 23.1 Å². The third kappa shape index (κ3) is 5.95. The van der Waals surface area contributed by atoms with Crippen molar-refractivity contribution in [2.24, 2.45) is 0 Å². The van der Waals surface area contributed by atoms with Crippen molar-refractivity contribution in [2.75, 3.05) is 19.8 Å². The molecule has 0 fully saturated rings. The van der Waals surface area contributed by atoms with Gasteiger partial charge in [-0.3, -0.25) is 4.79 Å². The number of aromatic nitrogens is 1. The minimum Gasteiger partial charge on any atom is -0.480 e. The summed E-state index contributed by atoms with van der Waals surface area (Å²) in [5.74, 6) is -0.525. The fourth-order valence-electron chi connectivity index (χ4n) is 1.90. The zero-order valence-electron chi connectivity index (χ0n) is 13.2. The molecule has 0 atom stereocenters. The fourth-order valence-corrected chi connectivity index (χ4v) is 3.56. The predicted molar refractivity (Wildman–Crippen MR) is 93.6 cm³/mol. The number of thioether (sulfide) groups is 1. The van der Waals surface area contributed by atoms with Crippen LogP contribution in [0.1, 0.15) is 21.1 Å². The average molecular weight is 366 g/mol. The molecule has 2 aromatic rings. The number of carboxylic acid groups (broad SMARTS) is 1. The van der Waals surface area contributed by atoms with Crippen LogP contribution in [0.15, 0.2) is 34.5 Å². The van der Waals surface area contributed by atoms with E-state index in [4.69, 9.17) is 9.84 Å². The van der Waals surface area contributed by atoms with Gasteiger partial charge < -0.3 is 15.2 Å². The Kier molecular flexibility index (Phi) is 7.23. The summed E-state index contributed by atoms with van der Waals surface area (Å²) < 4.78 is 4.89. The molecule has 1 amide bonds. The van der Waals surface area contributed by atoms with E-state index < -0.39 is 5.97 Å². The number of carbonyl (C=O) groups excluding carboxylic acids is 1. The molecule has 0 unspecified atom stereocenters. The van der Waals surface area contributed by atoms with Crippen LogP contribution in [0, 0.1) is 6.92 Å². The van der Waals surface area contributed by atoms with Gasteiger partial charge in [0.15, 0.2) is 0 Å². The smallest absolute Gasteiger partial charge is 0.329 e. The van der Waals surface area contributed by atoms with Crippen molar-refractivity contribution in [3.05, 3.63) is 45.9 Å². The van der Waals surface area contributed by atoms with Crippen molar-refractivity contribution in [1.29, 1.82) is 0 Å². The zero-order valence-corrected chi connectivity index (χ0v) is 14.8. The number of carbonyl (C=O) groups is 2. The highest BCUT2D eigenvalue weighted by Gasteiger charge is 2.11. The molecule has 24 heavy (non-hydrogen) atoms. The van der Waals surface area contributed by atoms with Gasteiger partial charge in [-0.15, -0.1) is 23.1 Å². The number of carboxylic acids is 1. The summed E-state index contributed by atoms with van der Waals surface area (Å²) in [6.45, 7) is 2.02. The number of thiazole rings is 1. The predicted octanol–water partition coefficient (Wildman–Crippen LogP) is 2.57. The van der Waals surface area contributed by atoms with Crippen LogP contribution in [0.2, 0.25) is 0 Å². The van der Waals surface area contributed by atoms with Crippen LogP contribution in [0.3, 0.4) is 0 Å². The lowest BCUT2D eigenvalue weighted by Crippen LogP contribution is -2.28. The largest absolute Gasteiger partial charge is 0.480 e. The van der Waals surface area contributed by atoms with Crippen LogP contribution in [-0.2, 0) is 15.3 Å². The normalized spacial score (nSPS) is 10.5. The van der Waals surface area contributed by atoms with Gasteiger partial charge in [-0.25, -0.2) is 9.78 Å². The second kappa shape index (κ2) is 9.41. The number of nitrogens with zero attached hydrogens (tertiary/aromatic N) is 1. The standard InChI is InChI=1S/C16H18N2O4S2/c1-11-18-12(9-23-11)10-24-14-5-3-2-4-13(14)16(21)17-6-7-22-8-15(19)20/h2-5,9H,6-8,10H2,1H3,(H,17,21)(H,19,20). The first-order chi connectivity index (χ1) is 11.6. The number of hydrogen-bond acceptors (Lipinski definition) is 6. The van der Waals surface area contributed by atoms with Crippen LogP contribution in [0.25, 0.3) is 0 Å². The molecule has 8 heteroatoms. The summed E-state index contributed by atoms with van der Waals surface area (Å²) in [7, 11) is 0. The number of rotatable bonds is 9. The molecule has 128 valence electrons. The average Bonchev–Trinajstić information content (AvgIpc) is 2.98. The number of ether oxygens (including phenoxy) is 1. The number of amides is 1. The van der Waals surface area contributed by atoms with E-state index in [2.05, 4.69) is 10.3 Å². The van der Waals surface area contributed by atoms with E-state index in [0.29, 0.717) is 11.3 Å². The SMILES string of the molecule is Cc1nc(CSc2ccccc2C(=O)NCCOCC(=O)O)cs1. The Morgan fingerprint density at radius 2 is 2.17 bits per heavy atom. The highest BCUT2D eigenvalue weighted by molar-refractivity contribution is 7.98. The summed E-state index contributed by atoms with van der Waals surface area (Å²) in [4.78, 5) is 27.9. The van der Waals surface area contributed by atoms with Crippen molar-refractivity contribution in [2.45, 2.75) is 17.6 Å². The van der Waals surface area contributed by atoms with Gasteiger partial charge in [0.2, 0.25) is 0 Å². The molecule has 0 spiro atoms. The maximum atomic E-state index is 12.3. The molecular weight excluding hydrogens is 348 g/mol. The van der Waals surface area contributed by atoms with E-state index in [1.165, 1.54) is 0 Å². The van der Waals surface area contributed by atoms with E-state index >= 15 is 0 Å². The molecule has 0 aliphatic heterocycles. The quantitative estimate of drug-likeness (QED) is 0.524. The lowest BCUT2D eigenvalue weighted by Gasteiger charge is -2.09. The summed E-state index contributed by atoms with van der Waals surface area (Å²) in [6, 6.07) is 7.37. The first kappa shape index (κ1) is 18.4. The van der Waals surface area contributed by atoms with E-state index in [1.807, 2.05) is 30.5 Å². The van der Waals surface area contributed by atoms with Gasteiger partial charge in [-0.1, -0.05) is 12.1 Å². The molecule has 0 aliphatic carbocycles. The van der Waals surface area contributed by atoms with E-state index in [9.17, 15) is 9.59 Å². The summed E-state index contributed by atoms with van der Waals surface area (Å²) >= 11 is 3.17. The van der Waals surface area contributed by atoms with Crippen molar-refractivity contribution in [3.8, 4) is 0 Å².